The number of benzene rings is 1. The summed E-state index contributed by atoms with van der Waals surface area (Å²) in [5, 5.41) is 6.59. The summed E-state index contributed by atoms with van der Waals surface area (Å²) in [7, 11) is 0. The van der Waals surface area contributed by atoms with Crippen molar-refractivity contribution in [2.75, 3.05) is 5.32 Å². The topological polar surface area (TPSA) is 70.6 Å². The molecule has 2 N–H and O–H groups in total. The summed E-state index contributed by atoms with van der Waals surface area (Å²) in [6.07, 6.45) is 0.502. The number of nitrogens with zero attached hydrogens (tertiary/aromatic N) is 1. The summed E-state index contributed by atoms with van der Waals surface area (Å²) in [5.74, 6) is -0.345. The van der Waals surface area contributed by atoms with E-state index < -0.39 is 0 Å². The first-order chi connectivity index (χ1) is 9.01. The van der Waals surface area contributed by atoms with Gasteiger partial charge < -0.3 is 5.32 Å². The molecular weight excluding hydrogens is 310 g/mol. The van der Waals surface area contributed by atoms with Crippen LogP contribution in [0.5, 0.6) is 0 Å². The second-order valence-electron chi connectivity index (χ2n) is 3.97. The molecule has 19 heavy (non-hydrogen) atoms. The van der Waals surface area contributed by atoms with E-state index in [2.05, 4.69) is 31.8 Å². The van der Waals surface area contributed by atoms with E-state index in [0.717, 1.165) is 10.2 Å². The highest BCUT2D eigenvalue weighted by Gasteiger charge is 2.05. The predicted molar refractivity (Wildman–Crippen MR) is 78.9 cm³/mol. The average Bonchev–Trinajstić information content (AvgIpc) is 2.38. The van der Waals surface area contributed by atoms with Gasteiger partial charge in [-0.15, -0.1) is 0 Å². The van der Waals surface area contributed by atoms with Gasteiger partial charge in [0.15, 0.2) is 0 Å². The van der Waals surface area contributed by atoms with Gasteiger partial charge in [0.05, 0.1) is 6.42 Å². The molecular formula is C13H16BrN3O2. The van der Waals surface area contributed by atoms with Crippen LogP contribution in [0.2, 0.25) is 0 Å². The Morgan fingerprint density at radius 2 is 1.84 bits per heavy atom. The second-order valence-corrected chi connectivity index (χ2v) is 4.88. The molecule has 0 bridgehead atoms. The molecule has 0 aromatic heterocycles. The molecule has 0 fully saturated rings. The van der Waals surface area contributed by atoms with Crippen LogP contribution in [0.25, 0.3) is 0 Å². The molecule has 1 aromatic rings. The van der Waals surface area contributed by atoms with Gasteiger partial charge in [0.2, 0.25) is 11.8 Å². The SMILES string of the molecule is CCC(=O)N/N=C(\C)CC(=O)Nc1ccc(Br)cc1. The minimum atomic E-state index is -0.173. The summed E-state index contributed by atoms with van der Waals surface area (Å²) in [5.41, 5.74) is 3.64. The fourth-order valence-corrected chi connectivity index (χ4v) is 1.51. The van der Waals surface area contributed by atoms with E-state index >= 15 is 0 Å². The molecule has 1 aromatic carbocycles. The number of carbonyl (C=O) groups excluding carboxylic acids is 2. The van der Waals surface area contributed by atoms with Gasteiger partial charge in [-0.1, -0.05) is 22.9 Å². The maximum atomic E-state index is 11.7. The fraction of sp³-hybridized carbons (Fsp3) is 0.308. The van der Waals surface area contributed by atoms with Crippen LogP contribution in [-0.4, -0.2) is 17.5 Å². The summed E-state index contributed by atoms with van der Waals surface area (Å²) in [6, 6.07) is 7.29. The number of hydrazone groups is 1. The molecule has 0 unspecified atom stereocenters. The normalized spacial score (nSPS) is 11.0. The van der Waals surface area contributed by atoms with Crippen molar-refractivity contribution < 1.29 is 9.59 Å². The highest BCUT2D eigenvalue weighted by molar-refractivity contribution is 9.10. The number of hydrogen-bond donors (Lipinski definition) is 2. The zero-order valence-corrected chi connectivity index (χ0v) is 12.5. The van der Waals surface area contributed by atoms with Gasteiger partial charge >= 0.3 is 0 Å². The van der Waals surface area contributed by atoms with Crippen LogP contribution < -0.4 is 10.7 Å². The molecule has 0 heterocycles. The zero-order valence-electron chi connectivity index (χ0n) is 10.9. The number of halogens is 1. The summed E-state index contributed by atoms with van der Waals surface area (Å²) >= 11 is 3.32. The lowest BCUT2D eigenvalue weighted by atomic mass is 10.2. The third-order valence-electron chi connectivity index (χ3n) is 2.24. The molecule has 0 aliphatic heterocycles. The van der Waals surface area contributed by atoms with Crippen molar-refractivity contribution >= 4 is 39.1 Å². The van der Waals surface area contributed by atoms with Crippen LogP contribution in [0, 0.1) is 0 Å². The van der Waals surface area contributed by atoms with E-state index in [4.69, 9.17) is 0 Å². The summed E-state index contributed by atoms with van der Waals surface area (Å²) in [4.78, 5) is 22.7. The average molecular weight is 326 g/mol. The Balaban J connectivity index is 2.46. The smallest absolute Gasteiger partial charge is 0.239 e. The summed E-state index contributed by atoms with van der Waals surface area (Å²) < 4.78 is 0.950. The third-order valence-corrected chi connectivity index (χ3v) is 2.77. The highest BCUT2D eigenvalue weighted by atomic mass is 79.9. The van der Waals surface area contributed by atoms with Crippen LogP contribution in [0.3, 0.4) is 0 Å². The molecule has 102 valence electrons. The van der Waals surface area contributed by atoms with E-state index in [1.165, 1.54) is 0 Å². The van der Waals surface area contributed by atoms with Gasteiger partial charge in [0, 0.05) is 22.3 Å². The van der Waals surface area contributed by atoms with Gasteiger partial charge in [-0.3, -0.25) is 9.59 Å². The number of anilines is 1. The Bertz CT molecular complexity index is 483. The van der Waals surface area contributed by atoms with E-state index in [1.54, 1.807) is 26.0 Å². The zero-order chi connectivity index (χ0) is 14.3. The van der Waals surface area contributed by atoms with Gasteiger partial charge in [0.25, 0.3) is 0 Å². The molecule has 0 atom stereocenters. The van der Waals surface area contributed by atoms with Crippen molar-refractivity contribution in [1.82, 2.24) is 5.43 Å². The molecule has 0 aliphatic carbocycles. The molecule has 0 radical (unpaired) electrons. The minimum Gasteiger partial charge on any atom is -0.326 e. The second kappa shape index (κ2) is 7.68. The molecule has 5 nitrogen and oxygen atoms in total. The molecule has 6 heteroatoms. The van der Waals surface area contributed by atoms with Crippen LogP contribution in [0.1, 0.15) is 26.7 Å². The molecule has 2 amide bonds. The Labute approximate surface area is 120 Å². The standard InChI is InChI=1S/C13H16BrN3O2/c1-3-12(18)17-16-9(2)8-13(19)15-11-6-4-10(14)5-7-11/h4-7H,3,8H2,1-2H3,(H,15,19)(H,17,18)/b16-9+. The number of nitrogens with one attached hydrogen (secondary N) is 2. The molecule has 0 saturated carbocycles. The number of amides is 2. The molecule has 0 spiro atoms. The molecule has 1 rings (SSSR count). The van der Waals surface area contributed by atoms with Gasteiger partial charge in [-0.05, 0) is 31.2 Å². The van der Waals surface area contributed by atoms with Crippen LogP contribution in [-0.2, 0) is 9.59 Å². The first-order valence-corrected chi connectivity index (χ1v) is 6.68. The van der Waals surface area contributed by atoms with Crippen molar-refractivity contribution in [1.29, 1.82) is 0 Å². The summed E-state index contributed by atoms with van der Waals surface area (Å²) in [6.45, 7) is 3.43. The van der Waals surface area contributed by atoms with Crippen molar-refractivity contribution in [2.45, 2.75) is 26.7 Å². The monoisotopic (exact) mass is 325 g/mol. The van der Waals surface area contributed by atoms with E-state index in [-0.39, 0.29) is 18.2 Å². The van der Waals surface area contributed by atoms with E-state index in [9.17, 15) is 9.59 Å². The third kappa shape index (κ3) is 6.15. The van der Waals surface area contributed by atoms with Crippen molar-refractivity contribution in [3.63, 3.8) is 0 Å². The maximum absolute atomic E-state index is 11.7. The Morgan fingerprint density at radius 3 is 2.42 bits per heavy atom. The Kier molecular flexibility index (Phi) is 6.21. The van der Waals surface area contributed by atoms with Crippen LogP contribution >= 0.6 is 15.9 Å². The predicted octanol–water partition coefficient (Wildman–Crippen LogP) is 2.68. The lowest BCUT2D eigenvalue weighted by molar-refractivity contribution is -0.121. The van der Waals surface area contributed by atoms with E-state index in [0.29, 0.717) is 12.1 Å². The fourth-order valence-electron chi connectivity index (χ4n) is 1.25. The lowest BCUT2D eigenvalue weighted by Gasteiger charge is -2.05. The van der Waals surface area contributed by atoms with Crippen molar-refractivity contribution in [3.8, 4) is 0 Å². The highest BCUT2D eigenvalue weighted by Crippen LogP contribution is 2.14. The van der Waals surface area contributed by atoms with Crippen LogP contribution in [0.15, 0.2) is 33.8 Å². The first kappa shape index (κ1) is 15.4. The van der Waals surface area contributed by atoms with Crippen molar-refractivity contribution in [2.24, 2.45) is 5.10 Å². The number of rotatable bonds is 5. The van der Waals surface area contributed by atoms with Crippen molar-refractivity contribution in [3.05, 3.63) is 28.7 Å². The number of hydrogen-bond acceptors (Lipinski definition) is 3. The lowest BCUT2D eigenvalue weighted by Crippen LogP contribution is -2.20. The molecule has 0 saturated heterocycles. The van der Waals surface area contributed by atoms with Gasteiger partial charge in [0.1, 0.15) is 0 Å². The van der Waals surface area contributed by atoms with Gasteiger partial charge in [-0.2, -0.15) is 5.10 Å². The maximum Gasteiger partial charge on any atom is 0.239 e. The Hall–Kier alpha value is -1.69. The Morgan fingerprint density at radius 1 is 1.21 bits per heavy atom. The minimum absolute atomic E-state index is 0.139. The van der Waals surface area contributed by atoms with Crippen LogP contribution in [0.4, 0.5) is 5.69 Å². The molecule has 0 aliphatic rings. The van der Waals surface area contributed by atoms with Gasteiger partial charge in [-0.25, -0.2) is 5.43 Å². The first-order valence-electron chi connectivity index (χ1n) is 5.88. The number of carbonyl (C=O) groups is 2. The largest absolute Gasteiger partial charge is 0.326 e. The quantitative estimate of drug-likeness (QED) is 0.645. The van der Waals surface area contributed by atoms with E-state index in [1.807, 2.05) is 12.1 Å².